The molecule has 0 radical (unpaired) electrons. The third kappa shape index (κ3) is 2.16. The highest BCUT2D eigenvalue weighted by Gasteiger charge is 2.38. The fourth-order valence-corrected chi connectivity index (χ4v) is 2.41. The summed E-state index contributed by atoms with van der Waals surface area (Å²) in [5.74, 6) is 0.157. The number of amides is 1. The molecule has 15 heavy (non-hydrogen) atoms. The Balaban J connectivity index is 2.00. The van der Waals surface area contributed by atoms with Crippen LogP contribution in [0.15, 0.2) is 0 Å². The standard InChI is InChI=1S/C11H20N2O2/c1-11(2)4-3-6-13(11)10(14)9-8-12-5-7-15-9/h9,12H,3-8H2,1-2H3. The van der Waals surface area contributed by atoms with E-state index in [2.05, 4.69) is 19.2 Å². The second kappa shape index (κ2) is 4.10. The van der Waals surface area contributed by atoms with Crippen molar-refractivity contribution in [1.29, 1.82) is 0 Å². The number of carbonyl (C=O) groups is 1. The molecule has 0 bridgehead atoms. The second-order valence-corrected chi connectivity index (χ2v) is 4.97. The number of likely N-dealkylation sites (tertiary alicyclic amines) is 1. The summed E-state index contributed by atoms with van der Waals surface area (Å²) in [7, 11) is 0. The van der Waals surface area contributed by atoms with Gasteiger partial charge in [0.05, 0.1) is 6.61 Å². The maximum Gasteiger partial charge on any atom is 0.253 e. The van der Waals surface area contributed by atoms with E-state index in [1.54, 1.807) is 0 Å². The smallest absolute Gasteiger partial charge is 0.253 e. The third-order valence-electron chi connectivity index (χ3n) is 3.37. The minimum Gasteiger partial charge on any atom is -0.366 e. The quantitative estimate of drug-likeness (QED) is 0.683. The summed E-state index contributed by atoms with van der Waals surface area (Å²) in [6, 6.07) is 0. The minimum absolute atomic E-state index is 0.0118. The molecule has 1 atom stereocenters. The molecule has 0 aromatic rings. The highest BCUT2D eigenvalue weighted by atomic mass is 16.5. The summed E-state index contributed by atoms with van der Waals surface area (Å²) >= 11 is 0. The summed E-state index contributed by atoms with van der Waals surface area (Å²) in [6.07, 6.45) is 1.94. The fourth-order valence-electron chi connectivity index (χ4n) is 2.41. The summed E-state index contributed by atoms with van der Waals surface area (Å²) < 4.78 is 5.49. The first-order valence-corrected chi connectivity index (χ1v) is 5.75. The van der Waals surface area contributed by atoms with Crippen LogP contribution in [0.4, 0.5) is 0 Å². The number of hydrogen-bond donors (Lipinski definition) is 1. The molecule has 1 amide bonds. The lowest BCUT2D eigenvalue weighted by Gasteiger charge is -2.35. The summed E-state index contributed by atoms with van der Waals surface area (Å²) in [5, 5.41) is 3.19. The number of rotatable bonds is 1. The lowest BCUT2D eigenvalue weighted by Crippen LogP contribution is -2.53. The van der Waals surface area contributed by atoms with Gasteiger partial charge >= 0.3 is 0 Å². The number of hydrogen-bond acceptors (Lipinski definition) is 3. The monoisotopic (exact) mass is 212 g/mol. The molecular weight excluding hydrogens is 192 g/mol. The Kier molecular flexibility index (Phi) is 2.98. The van der Waals surface area contributed by atoms with Gasteiger partial charge < -0.3 is 15.0 Å². The van der Waals surface area contributed by atoms with Crippen LogP contribution in [-0.2, 0) is 9.53 Å². The van der Waals surface area contributed by atoms with Gasteiger partial charge in [-0.3, -0.25) is 4.79 Å². The van der Waals surface area contributed by atoms with Crippen LogP contribution in [0.25, 0.3) is 0 Å². The average Bonchev–Trinajstić information content (AvgIpc) is 2.58. The van der Waals surface area contributed by atoms with E-state index in [0.717, 1.165) is 25.9 Å². The van der Waals surface area contributed by atoms with E-state index >= 15 is 0 Å². The Hall–Kier alpha value is -0.610. The molecule has 0 aromatic carbocycles. The largest absolute Gasteiger partial charge is 0.366 e. The zero-order chi connectivity index (χ0) is 10.9. The van der Waals surface area contributed by atoms with Gasteiger partial charge in [0.15, 0.2) is 0 Å². The van der Waals surface area contributed by atoms with Gasteiger partial charge in [0, 0.05) is 25.2 Å². The first kappa shape index (κ1) is 10.9. The van der Waals surface area contributed by atoms with Gasteiger partial charge in [-0.1, -0.05) is 0 Å². The van der Waals surface area contributed by atoms with Crippen molar-refractivity contribution in [3.8, 4) is 0 Å². The van der Waals surface area contributed by atoms with Crippen molar-refractivity contribution in [1.82, 2.24) is 10.2 Å². The van der Waals surface area contributed by atoms with E-state index in [1.807, 2.05) is 4.90 Å². The molecule has 1 unspecified atom stereocenters. The van der Waals surface area contributed by atoms with Gasteiger partial charge in [0.1, 0.15) is 6.10 Å². The molecule has 2 aliphatic rings. The SMILES string of the molecule is CC1(C)CCCN1C(=O)C1CNCCO1. The molecule has 2 rings (SSSR count). The molecule has 0 aromatic heterocycles. The van der Waals surface area contributed by atoms with Crippen molar-refractivity contribution in [2.45, 2.75) is 38.3 Å². The van der Waals surface area contributed by atoms with Gasteiger partial charge in [0.25, 0.3) is 5.91 Å². The highest BCUT2D eigenvalue weighted by Crippen LogP contribution is 2.29. The van der Waals surface area contributed by atoms with Crippen LogP contribution in [0, 0.1) is 0 Å². The number of carbonyl (C=O) groups excluding carboxylic acids is 1. The maximum atomic E-state index is 12.2. The predicted molar refractivity (Wildman–Crippen MR) is 57.6 cm³/mol. The second-order valence-electron chi connectivity index (χ2n) is 4.97. The van der Waals surface area contributed by atoms with Crippen LogP contribution in [-0.4, -0.2) is 48.7 Å². The van der Waals surface area contributed by atoms with Crippen LogP contribution in [0.1, 0.15) is 26.7 Å². The normalized spacial score (nSPS) is 30.5. The van der Waals surface area contributed by atoms with Crippen LogP contribution in [0.2, 0.25) is 0 Å². The Morgan fingerprint density at radius 2 is 2.33 bits per heavy atom. The number of nitrogens with zero attached hydrogens (tertiary/aromatic N) is 1. The lowest BCUT2D eigenvalue weighted by molar-refractivity contribution is -0.148. The van der Waals surface area contributed by atoms with Gasteiger partial charge in [-0.15, -0.1) is 0 Å². The van der Waals surface area contributed by atoms with Crippen molar-refractivity contribution < 1.29 is 9.53 Å². The predicted octanol–water partition coefficient (Wildman–Crippen LogP) is 0.376. The molecular formula is C11H20N2O2. The fraction of sp³-hybridized carbons (Fsp3) is 0.909. The molecule has 2 saturated heterocycles. The van der Waals surface area contributed by atoms with Crippen molar-refractivity contribution in [3.63, 3.8) is 0 Å². The van der Waals surface area contributed by atoms with E-state index in [1.165, 1.54) is 0 Å². The van der Waals surface area contributed by atoms with Crippen LogP contribution < -0.4 is 5.32 Å². The Bertz CT molecular complexity index is 247. The van der Waals surface area contributed by atoms with E-state index in [-0.39, 0.29) is 17.6 Å². The first-order valence-electron chi connectivity index (χ1n) is 5.75. The molecule has 0 aliphatic carbocycles. The zero-order valence-electron chi connectivity index (χ0n) is 9.58. The van der Waals surface area contributed by atoms with Crippen LogP contribution in [0.3, 0.4) is 0 Å². The summed E-state index contributed by atoms with van der Waals surface area (Å²) in [5.41, 5.74) is 0.0118. The molecule has 0 saturated carbocycles. The topological polar surface area (TPSA) is 41.6 Å². The summed E-state index contributed by atoms with van der Waals surface area (Å²) in [6.45, 7) is 7.30. The van der Waals surface area contributed by atoms with E-state index in [9.17, 15) is 4.79 Å². The van der Waals surface area contributed by atoms with Gasteiger partial charge in [-0.25, -0.2) is 0 Å². The molecule has 2 aliphatic heterocycles. The molecule has 0 spiro atoms. The van der Waals surface area contributed by atoms with Gasteiger partial charge in [-0.2, -0.15) is 0 Å². The lowest BCUT2D eigenvalue weighted by atomic mass is 10.0. The number of nitrogens with one attached hydrogen (secondary N) is 1. The van der Waals surface area contributed by atoms with Gasteiger partial charge in [-0.05, 0) is 26.7 Å². The Morgan fingerprint density at radius 3 is 2.87 bits per heavy atom. The molecule has 4 nitrogen and oxygen atoms in total. The molecule has 2 fully saturated rings. The van der Waals surface area contributed by atoms with Gasteiger partial charge in [0.2, 0.25) is 0 Å². The minimum atomic E-state index is -0.267. The Labute approximate surface area is 91.0 Å². The van der Waals surface area contributed by atoms with E-state index in [4.69, 9.17) is 4.74 Å². The van der Waals surface area contributed by atoms with Crippen molar-refractivity contribution in [3.05, 3.63) is 0 Å². The molecule has 86 valence electrons. The maximum absolute atomic E-state index is 12.2. The van der Waals surface area contributed by atoms with Crippen molar-refractivity contribution in [2.24, 2.45) is 0 Å². The highest BCUT2D eigenvalue weighted by molar-refractivity contribution is 5.82. The molecule has 2 heterocycles. The third-order valence-corrected chi connectivity index (χ3v) is 3.37. The number of ether oxygens (including phenoxy) is 1. The first-order chi connectivity index (χ1) is 7.11. The van der Waals surface area contributed by atoms with Crippen LogP contribution in [0.5, 0.6) is 0 Å². The summed E-state index contributed by atoms with van der Waals surface area (Å²) in [4.78, 5) is 14.2. The van der Waals surface area contributed by atoms with Crippen molar-refractivity contribution >= 4 is 5.91 Å². The molecule has 4 heteroatoms. The Morgan fingerprint density at radius 1 is 1.53 bits per heavy atom. The van der Waals surface area contributed by atoms with Crippen LogP contribution >= 0.6 is 0 Å². The average molecular weight is 212 g/mol. The van der Waals surface area contributed by atoms with Crippen molar-refractivity contribution in [2.75, 3.05) is 26.2 Å². The zero-order valence-corrected chi connectivity index (χ0v) is 9.58. The number of morpholine rings is 1. The van der Waals surface area contributed by atoms with E-state index < -0.39 is 0 Å². The molecule has 1 N–H and O–H groups in total. The van der Waals surface area contributed by atoms with E-state index in [0.29, 0.717) is 13.2 Å².